The van der Waals surface area contributed by atoms with Crippen LogP contribution in [0.5, 0.6) is 0 Å². The van der Waals surface area contributed by atoms with E-state index >= 15 is 0 Å². The van der Waals surface area contributed by atoms with Gasteiger partial charge in [-0.15, -0.1) is 0 Å². The highest BCUT2D eigenvalue weighted by molar-refractivity contribution is 5.74. The molecule has 0 N–H and O–H groups in total. The Morgan fingerprint density at radius 2 is 1.57 bits per heavy atom. The van der Waals surface area contributed by atoms with Gasteiger partial charge >= 0.3 is 5.97 Å². The fraction of sp³-hybridized carbons (Fsp3) is 0.667. The number of hydrogen-bond acceptors (Lipinski definition) is 2. The van der Waals surface area contributed by atoms with Gasteiger partial charge in [0.2, 0.25) is 0 Å². The molecule has 0 aromatic heterocycles. The van der Waals surface area contributed by atoms with Crippen molar-refractivity contribution < 1.29 is 9.53 Å². The Bertz CT molecular complexity index is 444. The van der Waals surface area contributed by atoms with Crippen LogP contribution in [0.2, 0.25) is 0 Å². The minimum atomic E-state index is -0.0728. The van der Waals surface area contributed by atoms with Crippen LogP contribution in [0.3, 0.4) is 0 Å². The lowest BCUT2D eigenvalue weighted by atomic mass is 9.69. The fourth-order valence-corrected chi connectivity index (χ4v) is 4.12. The first-order valence-corrected chi connectivity index (χ1v) is 9.31. The average molecular weight is 316 g/mol. The molecule has 0 heterocycles. The predicted molar refractivity (Wildman–Crippen MR) is 95.8 cm³/mol. The van der Waals surface area contributed by atoms with Gasteiger partial charge in [-0.25, -0.2) is 0 Å². The maximum absolute atomic E-state index is 12.3. The highest BCUT2D eigenvalue weighted by atomic mass is 16.5. The summed E-state index contributed by atoms with van der Waals surface area (Å²) in [6, 6.07) is 0. The summed E-state index contributed by atoms with van der Waals surface area (Å²) in [5, 5.41) is 0. The molecular weight excluding hydrogens is 284 g/mol. The molecule has 2 nitrogen and oxygen atoms in total. The van der Waals surface area contributed by atoms with E-state index < -0.39 is 0 Å². The van der Waals surface area contributed by atoms with Gasteiger partial charge in [0.1, 0.15) is 5.76 Å². The van der Waals surface area contributed by atoms with E-state index in [-0.39, 0.29) is 11.9 Å². The summed E-state index contributed by atoms with van der Waals surface area (Å²) in [5.74, 6) is 3.21. The highest BCUT2D eigenvalue weighted by Crippen LogP contribution is 2.41. The third kappa shape index (κ3) is 5.37. The molecule has 2 fully saturated rings. The number of carbonyl (C=O) groups excluding carboxylic acids is 1. The van der Waals surface area contributed by atoms with E-state index in [0.29, 0.717) is 5.76 Å². The van der Waals surface area contributed by atoms with Crippen LogP contribution in [0.25, 0.3) is 0 Å². The minimum Gasteiger partial charge on any atom is -0.426 e. The molecule has 0 spiro atoms. The predicted octanol–water partition coefficient (Wildman–Crippen LogP) is 5.81. The average Bonchev–Trinajstić information content (AvgIpc) is 2.59. The van der Waals surface area contributed by atoms with Gasteiger partial charge in [-0.1, -0.05) is 38.5 Å². The third-order valence-electron chi connectivity index (χ3n) is 5.70. The van der Waals surface area contributed by atoms with Gasteiger partial charge in [-0.05, 0) is 75.4 Å². The summed E-state index contributed by atoms with van der Waals surface area (Å²) in [5.41, 5.74) is 0. The van der Waals surface area contributed by atoms with Crippen LogP contribution in [0, 0.1) is 23.7 Å². The van der Waals surface area contributed by atoms with Crippen molar-refractivity contribution in [2.24, 2.45) is 23.7 Å². The Labute approximate surface area is 141 Å². The number of rotatable bonds is 5. The van der Waals surface area contributed by atoms with Crippen molar-refractivity contribution in [2.75, 3.05) is 0 Å². The van der Waals surface area contributed by atoms with Crippen LogP contribution in [0.15, 0.2) is 36.6 Å². The van der Waals surface area contributed by atoms with Crippen LogP contribution in [-0.2, 0) is 9.53 Å². The molecule has 2 rings (SSSR count). The van der Waals surface area contributed by atoms with Crippen molar-refractivity contribution in [2.45, 2.75) is 65.2 Å². The monoisotopic (exact) mass is 316 g/mol. The smallest absolute Gasteiger partial charge is 0.314 e. The van der Waals surface area contributed by atoms with Crippen LogP contribution in [-0.4, -0.2) is 5.97 Å². The van der Waals surface area contributed by atoms with Gasteiger partial charge in [-0.3, -0.25) is 4.79 Å². The molecule has 0 amide bonds. The molecule has 128 valence electrons. The number of hydrogen-bond donors (Lipinski definition) is 0. The molecule has 0 aromatic carbocycles. The number of ether oxygens (including phenoxy) is 1. The van der Waals surface area contributed by atoms with Gasteiger partial charge in [0.05, 0.1) is 5.92 Å². The first-order chi connectivity index (χ1) is 11.1. The second-order valence-corrected chi connectivity index (χ2v) is 7.35. The molecule has 0 saturated heterocycles. The molecule has 0 bridgehead atoms. The SMILES string of the molecule is C=C/C(=C\C=C/C)OC(=O)C1CCC(C2CCC(C)CC2)CC1. The highest BCUT2D eigenvalue weighted by Gasteiger charge is 2.33. The second-order valence-electron chi connectivity index (χ2n) is 7.35. The van der Waals surface area contributed by atoms with E-state index in [1.165, 1.54) is 38.5 Å². The van der Waals surface area contributed by atoms with Gasteiger partial charge in [0.25, 0.3) is 0 Å². The van der Waals surface area contributed by atoms with Crippen LogP contribution in [0.1, 0.15) is 65.2 Å². The number of carbonyl (C=O) groups is 1. The van der Waals surface area contributed by atoms with Gasteiger partial charge in [-0.2, -0.15) is 0 Å². The van der Waals surface area contributed by atoms with E-state index in [4.69, 9.17) is 4.74 Å². The van der Waals surface area contributed by atoms with Gasteiger partial charge in [0, 0.05) is 0 Å². The first kappa shape index (κ1) is 18.0. The van der Waals surface area contributed by atoms with Crippen LogP contribution >= 0.6 is 0 Å². The Balaban J connectivity index is 1.79. The Hall–Kier alpha value is -1.31. The normalized spacial score (nSPS) is 32.7. The quantitative estimate of drug-likeness (QED) is 0.363. The van der Waals surface area contributed by atoms with Crippen LogP contribution < -0.4 is 0 Å². The summed E-state index contributed by atoms with van der Waals surface area (Å²) in [4.78, 5) is 12.3. The number of allylic oxidation sites excluding steroid dienone is 4. The maximum atomic E-state index is 12.3. The summed E-state index contributed by atoms with van der Waals surface area (Å²) >= 11 is 0. The standard InChI is InChI=1S/C21H32O2/c1-4-6-7-20(5-2)23-21(22)19-14-12-18(13-15-19)17-10-8-16(3)9-11-17/h4-7,16-19H,2,8-15H2,1,3H3/b6-4-,20-7+. The van der Waals surface area contributed by atoms with E-state index in [2.05, 4.69) is 13.5 Å². The fourth-order valence-electron chi connectivity index (χ4n) is 4.12. The molecule has 23 heavy (non-hydrogen) atoms. The van der Waals surface area contributed by atoms with E-state index in [1.807, 2.05) is 19.1 Å². The Morgan fingerprint density at radius 3 is 2.09 bits per heavy atom. The molecule has 2 saturated carbocycles. The molecule has 0 atom stereocenters. The lowest BCUT2D eigenvalue weighted by molar-refractivity contribution is -0.145. The van der Waals surface area contributed by atoms with Crippen molar-refractivity contribution in [3.05, 3.63) is 36.6 Å². The van der Waals surface area contributed by atoms with E-state index in [9.17, 15) is 4.79 Å². The van der Waals surface area contributed by atoms with Gasteiger partial charge in [0.15, 0.2) is 0 Å². The van der Waals surface area contributed by atoms with Crippen molar-refractivity contribution in [3.63, 3.8) is 0 Å². The molecule has 2 heteroatoms. The molecule has 0 radical (unpaired) electrons. The second kappa shape index (κ2) is 9.10. The summed E-state index contributed by atoms with van der Waals surface area (Å²) < 4.78 is 5.49. The molecule has 2 aliphatic carbocycles. The lowest BCUT2D eigenvalue weighted by Crippen LogP contribution is -2.28. The van der Waals surface area contributed by atoms with Crippen molar-refractivity contribution in [1.82, 2.24) is 0 Å². The maximum Gasteiger partial charge on any atom is 0.314 e. The first-order valence-electron chi connectivity index (χ1n) is 9.31. The molecule has 0 aromatic rings. The zero-order valence-corrected chi connectivity index (χ0v) is 14.8. The van der Waals surface area contributed by atoms with Crippen molar-refractivity contribution in [3.8, 4) is 0 Å². The lowest BCUT2D eigenvalue weighted by Gasteiger charge is -2.36. The molecule has 0 aliphatic heterocycles. The van der Waals surface area contributed by atoms with Crippen molar-refractivity contribution >= 4 is 5.97 Å². The Kier molecular flexibility index (Phi) is 7.14. The summed E-state index contributed by atoms with van der Waals surface area (Å²) in [6.45, 7) is 8.03. The zero-order chi connectivity index (χ0) is 16.7. The Morgan fingerprint density at radius 1 is 1.00 bits per heavy atom. The van der Waals surface area contributed by atoms with E-state index in [1.54, 1.807) is 12.2 Å². The van der Waals surface area contributed by atoms with E-state index in [0.717, 1.165) is 30.6 Å². The summed E-state index contributed by atoms with van der Waals surface area (Å²) in [6.07, 6.45) is 17.1. The van der Waals surface area contributed by atoms with Crippen LogP contribution in [0.4, 0.5) is 0 Å². The largest absolute Gasteiger partial charge is 0.426 e. The topological polar surface area (TPSA) is 26.3 Å². The molecule has 2 aliphatic rings. The summed E-state index contributed by atoms with van der Waals surface area (Å²) in [7, 11) is 0. The molecule has 0 unspecified atom stereocenters. The van der Waals surface area contributed by atoms with Crippen molar-refractivity contribution in [1.29, 1.82) is 0 Å². The van der Waals surface area contributed by atoms with Gasteiger partial charge < -0.3 is 4.74 Å². The zero-order valence-electron chi connectivity index (χ0n) is 14.8. The minimum absolute atomic E-state index is 0.0720. The third-order valence-corrected chi connectivity index (χ3v) is 5.70. The molecular formula is C21H32O2. The number of esters is 1.